The molecule has 0 heterocycles. The highest BCUT2D eigenvalue weighted by molar-refractivity contribution is 6.30. The first-order valence-corrected chi connectivity index (χ1v) is 10.5. The van der Waals surface area contributed by atoms with Gasteiger partial charge in [-0.2, -0.15) is 0 Å². The van der Waals surface area contributed by atoms with Crippen LogP contribution in [0.5, 0.6) is 0 Å². The van der Waals surface area contributed by atoms with Gasteiger partial charge in [0.05, 0.1) is 27.3 Å². The Balaban J connectivity index is 0.000000203. The molecule has 0 spiro atoms. The van der Waals surface area contributed by atoms with Crippen LogP contribution in [0.4, 0.5) is 45.5 Å². The lowest BCUT2D eigenvalue weighted by molar-refractivity contribution is -0.393. The fourth-order valence-electron chi connectivity index (χ4n) is 2.91. The number of halogens is 1. The van der Waals surface area contributed by atoms with Gasteiger partial charge in [-0.15, -0.1) is 0 Å². The zero-order valence-corrected chi connectivity index (χ0v) is 19.0. The molecule has 11 heteroatoms. The van der Waals surface area contributed by atoms with Crippen LogP contribution in [-0.4, -0.2) is 9.85 Å². The highest BCUT2D eigenvalue weighted by Gasteiger charge is 2.19. The number of para-hydroxylation sites is 2. The highest BCUT2D eigenvalue weighted by Crippen LogP contribution is 2.31. The maximum absolute atomic E-state index is 11.0. The molecule has 0 aliphatic carbocycles. The summed E-state index contributed by atoms with van der Waals surface area (Å²) in [5, 5.41) is 28.4. The summed E-state index contributed by atoms with van der Waals surface area (Å²) < 4.78 is 0. The topological polar surface area (TPSA) is 162 Å². The Hall–Kier alpha value is -4.83. The number of hydrogen-bond acceptors (Lipinski definition) is 8. The van der Waals surface area contributed by atoms with Crippen molar-refractivity contribution in [3.05, 3.63) is 116 Å². The van der Waals surface area contributed by atoms with Crippen molar-refractivity contribution in [2.75, 3.05) is 22.1 Å². The Morgan fingerprint density at radius 2 is 1.26 bits per heavy atom. The first-order valence-electron chi connectivity index (χ1n) is 10.2. The first kappa shape index (κ1) is 24.8. The van der Waals surface area contributed by atoms with Gasteiger partial charge >= 0.3 is 0 Å². The van der Waals surface area contributed by atoms with Crippen LogP contribution in [0.3, 0.4) is 0 Å². The Morgan fingerprint density at radius 3 is 1.83 bits per heavy atom. The number of non-ortho nitro benzene ring substituents is 1. The number of nitro groups is 2. The molecule has 4 rings (SSSR count). The van der Waals surface area contributed by atoms with Crippen molar-refractivity contribution < 1.29 is 9.85 Å². The summed E-state index contributed by atoms with van der Waals surface area (Å²) >= 11 is 5.79. The largest absolute Gasteiger partial charge is 0.399 e. The number of nitrogens with zero attached hydrogens (tertiary/aromatic N) is 2. The van der Waals surface area contributed by atoms with Crippen LogP contribution >= 0.6 is 11.6 Å². The van der Waals surface area contributed by atoms with Crippen LogP contribution in [0.2, 0.25) is 5.02 Å². The molecule has 0 aliphatic rings. The summed E-state index contributed by atoms with van der Waals surface area (Å²) in [4.78, 5) is 20.2. The molecule has 0 saturated heterocycles. The first-order chi connectivity index (χ1) is 16.7. The van der Waals surface area contributed by atoms with Crippen LogP contribution in [0.15, 0.2) is 91.0 Å². The minimum absolute atomic E-state index is 0.172. The van der Waals surface area contributed by atoms with Crippen molar-refractivity contribution >= 4 is 57.1 Å². The molecule has 4 aromatic carbocycles. The van der Waals surface area contributed by atoms with E-state index in [2.05, 4.69) is 10.6 Å². The molecule has 0 saturated carbocycles. The van der Waals surface area contributed by atoms with Gasteiger partial charge in [0, 0.05) is 28.2 Å². The second kappa shape index (κ2) is 11.3. The highest BCUT2D eigenvalue weighted by atomic mass is 35.5. The molecule has 0 unspecified atom stereocenters. The smallest absolute Gasteiger partial charge is 0.299 e. The molecule has 0 aromatic heterocycles. The molecular weight excluding hydrogens is 472 g/mol. The summed E-state index contributed by atoms with van der Waals surface area (Å²) in [7, 11) is 0. The van der Waals surface area contributed by atoms with Crippen molar-refractivity contribution in [3.63, 3.8) is 0 Å². The van der Waals surface area contributed by atoms with Crippen molar-refractivity contribution in [1.29, 1.82) is 0 Å². The lowest BCUT2D eigenvalue weighted by Crippen LogP contribution is -1.99. The minimum Gasteiger partial charge on any atom is -0.399 e. The maximum atomic E-state index is 11.0. The van der Waals surface area contributed by atoms with E-state index in [0.29, 0.717) is 11.4 Å². The quantitative estimate of drug-likeness (QED) is 0.135. The second-order valence-electron chi connectivity index (χ2n) is 7.18. The van der Waals surface area contributed by atoms with Gasteiger partial charge in [-0.3, -0.25) is 20.2 Å². The van der Waals surface area contributed by atoms with Crippen LogP contribution in [0, 0.1) is 20.2 Å². The molecular formula is C24H21ClN6O4. The fraction of sp³-hybridized carbons (Fsp3) is 0. The normalized spacial score (nSPS) is 9.97. The number of hydrogen-bond donors (Lipinski definition) is 4. The standard InChI is InChI=1S/C12H11ClN2.C12H10N4O4/c13-9-5-7-10(8-6-9)15-12-4-2-1-3-11(12)14;13-8-1-3-9(4-2-8)14-11-6-5-10(15(17)18)7-12(11)16(19)20/h1-8,15H,14H2;1-7,14H,13H2. The van der Waals surface area contributed by atoms with Gasteiger partial charge in [0.15, 0.2) is 0 Å². The molecule has 0 bridgehead atoms. The van der Waals surface area contributed by atoms with Gasteiger partial charge in [-0.25, -0.2) is 0 Å². The monoisotopic (exact) mass is 492 g/mol. The lowest BCUT2D eigenvalue weighted by atomic mass is 10.2. The summed E-state index contributed by atoms with van der Waals surface area (Å²) in [6, 6.07) is 25.1. The molecule has 0 atom stereocenters. The van der Waals surface area contributed by atoms with Gasteiger partial charge in [-0.05, 0) is 66.7 Å². The molecule has 0 aliphatic heterocycles. The number of nitro benzene ring substituents is 2. The average molecular weight is 493 g/mol. The Bertz CT molecular complexity index is 1330. The summed E-state index contributed by atoms with van der Waals surface area (Å²) in [5.41, 5.74) is 14.6. The van der Waals surface area contributed by atoms with Gasteiger partial charge in [0.1, 0.15) is 5.69 Å². The number of nitrogens with two attached hydrogens (primary N) is 2. The Labute approximate surface area is 205 Å². The summed E-state index contributed by atoms with van der Waals surface area (Å²) in [6.07, 6.45) is 0. The predicted molar refractivity (Wildman–Crippen MR) is 139 cm³/mol. The predicted octanol–water partition coefficient (Wildman–Crippen LogP) is 6.49. The van der Waals surface area contributed by atoms with Gasteiger partial charge in [0.2, 0.25) is 0 Å². The van der Waals surface area contributed by atoms with Crippen molar-refractivity contribution in [3.8, 4) is 0 Å². The molecule has 35 heavy (non-hydrogen) atoms. The van der Waals surface area contributed by atoms with Crippen LogP contribution in [-0.2, 0) is 0 Å². The van der Waals surface area contributed by atoms with E-state index in [9.17, 15) is 20.2 Å². The van der Waals surface area contributed by atoms with Crippen molar-refractivity contribution in [1.82, 2.24) is 0 Å². The van der Waals surface area contributed by atoms with E-state index in [-0.39, 0.29) is 17.1 Å². The molecule has 6 N–H and O–H groups in total. The fourth-order valence-corrected chi connectivity index (χ4v) is 3.04. The van der Waals surface area contributed by atoms with E-state index in [4.69, 9.17) is 23.1 Å². The minimum atomic E-state index is -0.681. The molecule has 178 valence electrons. The average Bonchev–Trinajstić information content (AvgIpc) is 2.84. The van der Waals surface area contributed by atoms with Crippen molar-refractivity contribution in [2.45, 2.75) is 0 Å². The number of nitrogens with one attached hydrogen (secondary N) is 2. The van der Waals surface area contributed by atoms with Gasteiger partial charge in [0.25, 0.3) is 11.4 Å². The summed E-state index contributed by atoms with van der Waals surface area (Å²) in [6.45, 7) is 0. The molecule has 4 aromatic rings. The van der Waals surface area contributed by atoms with E-state index < -0.39 is 9.85 Å². The lowest BCUT2D eigenvalue weighted by Gasteiger charge is -2.08. The van der Waals surface area contributed by atoms with E-state index in [1.54, 1.807) is 24.3 Å². The molecule has 10 nitrogen and oxygen atoms in total. The molecule has 0 amide bonds. The third-order valence-electron chi connectivity index (χ3n) is 4.66. The number of benzene rings is 4. The zero-order chi connectivity index (χ0) is 25.4. The van der Waals surface area contributed by atoms with Crippen molar-refractivity contribution in [2.24, 2.45) is 0 Å². The van der Waals surface area contributed by atoms with E-state index in [1.807, 2.05) is 48.5 Å². The summed E-state index contributed by atoms with van der Waals surface area (Å²) in [5.74, 6) is 0. The Kier molecular flexibility index (Phi) is 8.04. The SMILES string of the molecule is Nc1ccc(Nc2ccc([N+](=O)[O-])cc2[N+](=O)[O-])cc1.Nc1ccccc1Nc1ccc(Cl)cc1. The van der Waals surface area contributed by atoms with E-state index >= 15 is 0 Å². The third kappa shape index (κ3) is 7.07. The maximum Gasteiger partial charge on any atom is 0.299 e. The second-order valence-corrected chi connectivity index (χ2v) is 7.62. The molecule has 0 radical (unpaired) electrons. The number of anilines is 6. The van der Waals surface area contributed by atoms with Gasteiger partial charge in [-0.1, -0.05) is 23.7 Å². The van der Waals surface area contributed by atoms with Gasteiger partial charge < -0.3 is 22.1 Å². The molecule has 0 fully saturated rings. The van der Waals surface area contributed by atoms with Crippen LogP contribution in [0.25, 0.3) is 0 Å². The van der Waals surface area contributed by atoms with Crippen LogP contribution < -0.4 is 22.1 Å². The van der Waals surface area contributed by atoms with E-state index in [1.165, 1.54) is 12.1 Å². The zero-order valence-electron chi connectivity index (χ0n) is 18.2. The van der Waals surface area contributed by atoms with E-state index in [0.717, 1.165) is 28.2 Å². The number of nitrogen functional groups attached to an aromatic ring is 2. The number of rotatable bonds is 6. The Morgan fingerprint density at radius 1 is 0.686 bits per heavy atom. The third-order valence-corrected chi connectivity index (χ3v) is 4.91. The van der Waals surface area contributed by atoms with Crippen LogP contribution in [0.1, 0.15) is 0 Å².